The summed E-state index contributed by atoms with van der Waals surface area (Å²) in [7, 11) is 0. The molecule has 0 aromatic carbocycles. The normalized spacial score (nSPS) is 23.9. The van der Waals surface area contributed by atoms with Crippen molar-refractivity contribution in [1.82, 2.24) is 20.4 Å². The first-order valence-corrected chi connectivity index (χ1v) is 9.06. The van der Waals surface area contributed by atoms with E-state index < -0.39 is 0 Å². The SMILES string of the molecule is O=C(CCc1nc(-c2cccs2)no1)N1CCC2CCC(C1)N2. The van der Waals surface area contributed by atoms with Crippen molar-refractivity contribution in [3.63, 3.8) is 0 Å². The van der Waals surface area contributed by atoms with Crippen molar-refractivity contribution in [3.05, 3.63) is 23.4 Å². The van der Waals surface area contributed by atoms with Crippen LogP contribution in [0.5, 0.6) is 0 Å². The molecule has 0 spiro atoms. The first-order chi connectivity index (χ1) is 11.3. The fraction of sp³-hybridized carbons (Fsp3) is 0.562. The van der Waals surface area contributed by atoms with Crippen LogP contribution in [0.15, 0.2) is 22.0 Å². The van der Waals surface area contributed by atoms with Crippen molar-refractivity contribution < 1.29 is 9.32 Å². The minimum absolute atomic E-state index is 0.190. The van der Waals surface area contributed by atoms with E-state index in [9.17, 15) is 4.79 Å². The maximum Gasteiger partial charge on any atom is 0.227 e. The van der Waals surface area contributed by atoms with Gasteiger partial charge in [0.2, 0.25) is 17.6 Å². The molecule has 0 saturated carbocycles. The van der Waals surface area contributed by atoms with Gasteiger partial charge in [0.15, 0.2) is 0 Å². The number of nitrogens with one attached hydrogen (secondary N) is 1. The summed E-state index contributed by atoms with van der Waals surface area (Å²) >= 11 is 1.58. The summed E-state index contributed by atoms with van der Waals surface area (Å²) in [6.07, 6.45) is 4.44. The summed E-state index contributed by atoms with van der Waals surface area (Å²) in [5.74, 6) is 1.34. The number of rotatable bonds is 4. The van der Waals surface area contributed by atoms with Gasteiger partial charge in [-0.3, -0.25) is 4.79 Å². The van der Waals surface area contributed by atoms with E-state index in [1.54, 1.807) is 11.3 Å². The number of carbonyl (C=O) groups excluding carboxylic acids is 1. The van der Waals surface area contributed by atoms with E-state index in [1.165, 1.54) is 12.8 Å². The zero-order valence-electron chi connectivity index (χ0n) is 12.9. The van der Waals surface area contributed by atoms with E-state index in [4.69, 9.17) is 4.52 Å². The zero-order chi connectivity index (χ0) is 15.6. The first kappa shape index (κ1) is 14.8. The number of aryl methyl sites for hydroxylation is 1. The van der Waals surface area contributed by atoms with Gasteiger partial charge in [0, 0.05) is 38.0 Å². The molecule has 122 valence electrons. The van der Waals surface area contributed by atoms with Gasteiger partial charge in [-0.15, -0.1) is 11.3 Å². The van der Waals surface area contributed by atoms with E-state index >= 15 is 0 Å². The first-order valence-electron chi connectivity index (χ1n) is 8.18. The van der Waals surface area contributed by atoms with Crippen LogP contribution in [0.25, 0.3) is 10.7 Å². The molecule has 1 N–H and O–H groups in total. The molecule has 2 aliphatic rings. The number of hydrogen-bond acceptors (Lipinski definition) is 6. The average Bonchev–Trinajstić information content (AvgIpc) is 3.25. The van der Waals surface area contributed by atoms with Gasteiger partial charge >= 0.3 is 0 Å². The third-order valence-corrected chi connectivity index (χ3v) is 5.50. The minimum atomic E-state index is 0.190. The van der Waals surface area contributed by atoms with Gasteiger partial charge < -0.3 is 14.7 Å². The largest absolute Gasteiger partial charge is 0.341 e. The molecule has 1 amide bonds. The minimum Gasteiger partial charge on any atom is -0.341 e. The Morgan fingerprint density at radius 2 is 2.30 bits per heavy atom. The number of amides is 1. The third kappa shape index (κ3) is 3.30. The summed E-state index contributed by atoms with van der Waals surface area (Å²) in [5.41, 5.74) is 0. The highest BCUT2D eigenvalue weighted by molar-refractivity contribution is 7.13. The fourth-order valence-electron chi connectivity index (χ4n) is 3.40. The van der Waals surface area contributed by atoms with Crippen molar-refractivity contribution >= 4 is 17.2 Å². The van der Waals surface area contributed by atoms with Crippen molar-refractivity contribution in [2.24, 2.45) is 0 Å². The second-order valence-corrected chi connectivity index (χ2v) is 7.20. The molecule has 2 unspecified atom stereocenters. The number of nitrogens with zero attached hydrogens (tertiary/aromatic N) is 3. The molecule has 6 nitrogen and oxygen atoms in total. The van der Waals surface area contributed by atoms with Crippen molar-refractivity contribution in [2.75, 3.05) is 13.1 Å². The lowest BCUT2D eigenvalue weighted by atomic mass is 10.1. The van der Waals surface area contributed by atoms with Crippen LogP contribution in [0.2, 0.25) is 0 Å². The van der Waals surface area contributed by atoms with E-state index in [2.05, 4.69) is 15.5 Å². The molecule has 2 atom stereocenters. The lowest BCUT2D eigenvalue weighted by Crippen LogP contribution is -2.39. The molecule has 0 radical (unpaired) electrons. The predicted octanol–water partition coefficient (Wildman–Crippen LogP) is 2.08. The van der Waals surface area contributed by atoms with Gasteiger partial charge in [0.25, 0.3) is 0 Å². The monoisotopic (exact) mass is 332 g/mol. The summed E-state index contributed by atoms with van der Waals surface area (Å²) in [5, 5.41) is 9.56. The lowest BCUT2D eigenvalue weighted by molar-refractivity contribution is -0.131. The van der Waals surface area contributed by atoms with Gasteiger partial charge in [-0.1, -0.05) is 11.2 Å². The summed E-state index contributed by atoms with van der Waals surface area (Å²) in [4.78, 5) is 19.8. The summed E-state index contributed by atoms with van der Waals surface area (Å²) in [6.45, 7) is 1.69. The van der Waals surface area contributed by atoms with E-state index in [1.807, 2.05) is 22.4 Å². The highest BCUT2D eigenvalue weighted by atomic mass is 32.1. The number of carbonyl (C=O) groups is 1. The molecule has 4 rings (SSSR count). The summed E-state index contributed by atoms with van der Waals surface area (Å²) < 4.78 is 5.26. The molecular formula is C16H20N4O2S. The van der Waals surface area contributed by atoms with Crippen LogP contribution in [0.3, 0.4) is 0 Å². The number of fused-ring (bicyclic) bond motifs is 2. The molecule has 2 aromatic heterocycles. The predicted molar refractivity (Wildman–Crippen MR) is 87.1 cm³/mol. The van der Waals surface area contributed by atoms with Gasteiger partial charge in [-0.25, -0.2) is 0 Å². The highest BCUT2D eigenvalue weighted by Gasteiger charge is 2.31. The Hall–Kier alpha value is -1.73. The van der Waals surface area contributed by atoms with Gasteiger partial charge in [-0.2, -0.15) is 4.98 Å². The Kier molecular flexibility index (Phi) is 4.13. The number of likely N-dealkylation sites (tertiary alicyclic amines) is 1. The van der Waals surface area contributed by atoms with Gasteiger partial charge in [-0.05, 0) is 30.7 Å². The van der Waals surface area contributed by atoms with Crippen LogP contribution >= 0.6 is 11.3 Å². The van der Waals surface area contributed by atoms with Crippen LogP contribution in [-0.4, -0.2) is 46.1 Å². The average molecular weight is 332 g/mol. The van der Waals surface area contributed by atoms with Crippen molar-refractivity contribution in [1.29, 1.82) is 0 Å². The molecule has 2 aliphatic heterocycles. The molecule has 2 fully saturated rings. The molecule has 2 aromatic rings. The summed E-state index contributed by atoms with van der Waals surface area (Å²) in [6, 6.07) is 4.99. The number of aromatic nitrogens is 2. The van der Waals surface area contributed by atoms with Crippen LogP contribution in [-0.2, 0) is 11.2 Å². The smallest absolute Gasteiger partial charge is 0.227 e. The molecular weight excluding hydrogens is 312 g/mol. The van der Waals surface area contributed by atoms with Gasteiger partial charge in [0.05, 0.1) is 4.88 Å². The van der Waals surface area contributed by atoms with Crippen LogP contribution in [0.4, 0.5) is 0 Å². The molecule has 7 heteroatoms. The lowest BCUT2D eigenvalue weighted by Gasteiger charge is -2.24. The molecule has 0 aliphatic carbocycles. The topological polar surface area (TPSA) is 71.3 Å². The van der Waals surface area contributed by atoms with E-state index in [-0.39, 0.29) is 5.91 Å². The van der Waals surface area contributed by atoms with E-state index in [0.717, 1.165) is 24.4 Å². The molecule has 23 heavy (non-hydrogen) atoms. The molecule has 4 heterocycles. The standard InChI is InChI=1S/C16H20N4O2S/c21-15(20-8-7-11-3-4-12(10-20)17-11)6-5-14-18-16(19-22-14)13-2-1-9-23-13/h1-2,9,11-12,17H,3-8,10H2. The van der Waals surface area contributed by atoms with Crippen molar-refractivity contribution in [3.8, 4) is 10.7 Å². The third-order valence-electron chi connectivity index (χ3n) is 4.64. The number of thiophene rings is 1. The zero-order valence-corrected chi connectivity index (χ0v) is 13.7. The highest BCUT2D eigenvalue weighted by Crippen LogP contribution is 2.23. The quantitative estimate of drug-likeness (QED) is 0.928. The molecule has 2 saturated heterocycles. The van der Waals surface area contributed by atoms with Crippen LogP contribution in [0.1, 0.15) is 31.6 Å². The second kappa shape index (κ2) is 6.41. The van der Waals surface area contributed by atoms with Crippen LogP contribution < -0.4 is 5.32 Å². The Morgan fingerprint density at radius 1 is 1.39 bits per heavy atom. The maximum atomic E-state index is 12.4. The second-order valence-electron chi connectivity index (χ2n) is 6.26. The Balaban J connectivity index is 1.33. The number of hydrogen-bond donors (Lipinski definition) is 1. The van der Waals surface area contributed by atoms with E-state index in [0.29, 0.717) is 36.6 Å². The Bertz CT molecular complexity index is 669. The fourth-order valence-corrected chi connectivity index (χ4v) is 4.05. The van der Waals surface area contributed by atoms with Gasteiger partial charge in [0.1, 0.15) is 0 Å². The van der Waals surface area contributed by atoms with Crippen molar-refractivity contribution in [2.45, 2.75) is 44.2 Å². The Morgan fingerprint density at radius 3 is 3.17 bits per heavy atom. The van der Waals surface area contributed by atoms with Crippen LogP contribution in [0, 0.1) is 0 Å². The molecule has 2 bridgehead atoms. The maximum absolute atomic E-state index is 12.4. The Labute approximate surface area is 138 Å².